The number of carboxylic acids is 1. The molecule has 0 radical (unpaired) electrons. The number of fused-ring (bicyclic) bond motifs is 1. The van der Waals surface area contributed by atoms with Crippen LogP contribution in [0.3, 0.4) is 0 Å². The first-order chi connectivity index (χ1) is 9.25. The van der Waals surface area contributed by atoms with Crippen molar-refractivity contribution in [1.29, 1.82) is 0 Å². The monoisotopic (exact) mass is 260 g/mol. The van der Waals surface area contributed by atoms with Gasteiger partial charge in [-0.2, -0.15) is 0 Å². The first-order valence-corrected chi connectivity index (χ1v) is 7.03. The molecule has 4 nitrogen and oxygen atoms in total. The van der Waals surface area contributed by atoms with Crippen LogP contribution in [0.2, 0.25) is 0 Å². The quantitative estimate of drug-likeness (QED) is 0.864. The van der Waals surface area contributed by atoms with E-state index in [1.807, 2.05) is 30.3 Å². The summed E-state index contributed by atoms with van der Waals surface area (Å²) < 4.78 is 0. The molecule has 2 aliphatic rings. The fourth-order valence-electron chi connectivity index (χ4n) is 3.45. The first-order valence-electron chi connectivity index (χ1n) is 7.03. The Kier molecular flexibility index (Phi) is 3.53. The third kappa shape index (κ3) is 2.51. The maximum absolute atomic E-state index is 11.5. The van der Waals surface area contributed by atoms with Gasteiger partial charge in [0.1, 0.15) is 6.04 Å². The molecule has 3 rings (SSSR count). The lowest BCUT2D eigenvalue weighted by Crippen LogP contribution is -2.43. The number of benzene rings is 1. The minimum absolute atomic E-state index is 0.309. The topological polar surface area (TPSA) is 52.6 Å². The summed E-state index contributed by atoms with van der Waals surface area (Å²) in [5.74, 6) is -0.789. The molecule has 3 atom stereocenters. The van der Waals surface area contributed by atoms with Gasteiger partial charge in [-0.25, -0.2) is 0 Å². The highest BCUT2D eigenvalue weighted by Crippen LogP contribution is 2.29. The molecule has 1 aromatic rings. The Hall–Kier alpha value is -1.39. The largest absolute Gasteiger partial charge is 0.480 e. The molecule has 1 aromatic carbocycles. The maximum Gasteiger partial charge on any atom is 0.325 e. The fraction of sp³-hybridized carbons (Fsp3) is 0.533. The highest BCUT2D eigenvalue weighted by atomic mass is 16.4. The van der Waals surface area contributed by atoms with Crippen molar-refractivity contribution >= 4 is 5.97 Å². The van der Waals surface area contributed by atoms with Gasteiger partial charge in [-0.05, 0) is 31.4 Å². The third-order valence-corrected chi connectivity index (χ3v) is 4.37. The Bertz CT molecular complexity index is 449. The lowest BCUT2D eigenvalue weighted by Gasteiger charge is -2.25. The summed E-state index contributed by atoms with van der Waals surface area (Å²) in [6.45, 7) is 2.27. The number of rotatable bonds is 4. The molecule has 0 amide bonds. The van der Waals surface area contributed by atoms with Crippen molar-refractivity contribution in [3.63, 3.8) is 0 Å². The second-order valence-corrected chi connectivity index (χ2v) is 5.49. The number of nitrogens with zero attached hydrogens (tertiary/aromatic N) is 1. The maximum atomic E-state index is 11.5. The van der Waals surface area contributed by atoms with Gasteiger partial charge in [-0.15, -0.1) is 0 Å². The van der Waals surface area contributed by atoms with Gasteiger partial charge >= 0.3 is 5.97 Å². The molecular weight excluding hydrogens is 240 g/mol. The summed E-state index contributed by atoms with van der Waals surface area (Å²) in [4.78, 5) is 14.0. The van der Waals surface area contributed by atoms with Gasteiger partial charge in [0.25, 0.3) is 0 Å². The Morgan fingerprint density at radius 2 is 2.05 bits per heavy atom. The molecule has 0 aromatic heterocycles. The predicted molar refractivity (Wildman–Crippen MR) is 73.0 cm³/mol. The van der Waals surface area contributed by atoms with Crippen molar-refractivity contribution in [2.45, 2.75) is 37.4 Å². The summed E-state index contributed by atoms with van der Waals surface area (Å²) in [5.41, 5.74) is 0.839. The van der Waals surface area contributed by atoms with Gasteiger partial charge in [0.15, 0.2) is 0 Å². The van der Waals surface area contributed by atoms with E-state index in [9.17, 15) is 9.90 Å². The van der Waals surface area contributed by atoms with Crippen LogP contribution in [-0.4, -0.2) is 41.1 Å². The smallest absolute Gasteiger partial charge is 0.325 e. The van der Waals surface area contributed by atoms with Crippen LogP contribution in [0.1, 0.15) is 30.9 Å². The van der Waals surface area contributed by atoms with E-state index in [0.29, 0.717) is 12.1 Å². The Labute approximate surface area is 113 Å². The summed E-state index contributed by atoms with van der Waals surface area (Å²) in [5, 5.41) is 12.8. The van der Waals surface area contributed by atoms with E-state index in [1.54, 1.807) is 0 Å². The van der Waals surface area contributed by atoms with Gasteiger partial charge < -0.3 is 5.11 Å². The van der Waals surface area contributed by atoms with Crippen molar-refractivity contribution < 1.29 is 9.90 Å². The molecule has 2 aliphatic heterocycles. The third-order valence-electron chi connectivity index (χ3n) is 4.37. The second-order valence-electron chi connectivity index (χ2n) is 5.49. The SMILES string of the molecule is O=C(O)C(NC1CCN2CCCC12)c1ccccc1. The number of nitrogens with one attached hydrogen (secondary N) is 1. The number of carboxylic acid groups (broad SMARTS) is 1. The fourth-order valence-corrected chi connectivity index (χ4v) is 3.45. The van der Waals surface area contributed by atoms with E-state index in [1.165, 1.54) is 19.4 Å². The second kappa shape index (κ2) is 5.31. The molecule has 0 spiro atoms. The average molecular weight is 260 g/mol. The van der Waals surface area contributed by atoms with Crippen LogP contribution in [-0.2, 0) is 4.79 Å². The summed E-state index contributed by atoms with van der Waals surface area (Å²) in [6, 6.07) is 9.71. The first kappa shape index (κ1) is 12.6. The Morgan fingerprint density at radius 1 is 1.26 bits per heavy atom. The summed E-state index contributed by atoms with van der Waals surface area (Å²) in [7, 11) is 0. The molecular formula is C15H20N2O2. The van der Waals surface area contributed by atoms with E-state index in [2.05, 4.69) is 10.2 Å². The normalized spacial score (nSPS) is 28.2. The highest BCUT2D eigenvalue weighted by Gasteiger charge is 2.39. The van der Waals surface area contributed by atoms with Crippen LogP contribution in [0, 0.1) is 0 Å². The van der Waals surface area contributed by atoms with E-state index < -0.39 is 12.0 Å². The van der Waals surface area contributed by atoms with E-state index in [-0.39, 0.29) is 0 Å². The van der Waals surface area contributed by atoms with Gasteiger partial charge in [-0.3, -0.25) is 15.0 Å². The average Bonchev–Trinajstić information content (AvgIpc) is 3.00. The lowest BCUT2D eigenvalue weighted by atomic mass is 10.0. The lowest BCUT2D eigenvalue weighted by molar-refractivity contribution is -0.140. The molecule has 0 aliphatic carbocycles. The van der Waals surface area contributed by atoms with Crippen molar-refractivity contribution in [1.82, 2.24) is 10.2 Å². The molecule has 2 fully saturated rings. The summed E-state index contributed by atoms with van der Waals surface area (Å²) in [6.07, 6.45) is 3.49. The van der Waals surface area contributed by atoms with E-state index in [0.717, 1.165) is 18.5 Å². The van der Waals surface area contributed by atoms with Crippen LogP contribution in [0.15, 0.2) is 30.3 Å². The number of hydrogen-bond donors (Lipinski definition) is 2. The van der Waals surface area contributed by atoms with Crippen LogP contribution in [0.5, 0.6) is 0 Å². The molecule has 2 saturated heterocycles. The molecule has 2 heterocycles. The predicted octanol–water partition coefficient (Wildman–Crippen LogP) is 1.64. The van der Waals surface area contributed by atoms with Gasteiger partial charge in [0.2, 0.25) is 0 Å². The Balaban J connectivity index is 1.74. The molecule has 4 heteroatoms. The number of aliphatic carboxylic acids is 1. The molecule has 102 valence electrons. The van der Waals surface area contributed by atoms with Crippen molar-refractivity contribution in [3.05, 3.63) is 35.9 Å². The zero-order valence-corrected chi connectivity index (χ0v) is 11.0. The van der Waals surface area contributed by atoms with Crippen LogP contribution in [0.25, 0.3) is 0 Å². The van der Waals surface area contributed by atoms with Crippen molar-refractivity contribution in [2.75, 3.05) is 13.1 Å². The van der Waals surface area contributed by atoms with Crippen LogP contribution >= 0.6 is 0 Å². The molecule has 0 bridgehead atoms. The van der Waals surface area contributed by atoms with E-state index in [4.69, 9.17) is 0 Å². The molecule has 2 N–H and O–H groups in total. The molecule has 0 saturated carbocycles. The summed E-state index contributed by atoms with van der Waals surface area (Å²) >= 11 is 0. The highest BCUT2D eigenvalue weighted by molar-refractivity contribution is 5.75. The zero-order valence-electron chi connectivity index (χ0n) is 11.0. The Morgan fingerprint density at radius 3 is 2.79 bits per heavy atom. The van der Waals surface area contributed by atoms with Crippen LogP contribution < -0.4 is 5.32 Å². The minimum atomic E-state index is -0.789. The van der Waals surface area contributed by atoms with E-state index >= 15 is 0 Å². The van der Waals surface area contributed by atoms with Gasteiger partial charge in [0.05, 0.1) is 0 Å². The van der Waals surface area contributed by atoms with Gasteiger partial charge in [-0.1, -0.05) is 30.3 Å². The number of hydrogen-bond acceptors (Lipinski definition) is 3. The molecule has 19 heavy (non-hydrogen) atoms. The van der Waals surface area contributed by atoms with Crippen molar-refractivity contribution in [2.24, 2.45) is 0 Å². The zero-order chi connectivity index (χ0) is 13.2. The number of carbonyl (C=O) groups is 1. The molecule has 3 unspecified atom stereocenters. The van der Waals surface area contributed by atoms with Crippen LogP contribution in [0.4, 0.5) is 0 Å². The minimum Gasteiger partial charge on any atom is -0.480 e. The van der Waals surface area contributed by atoms with Crippen molar-refractivity contribution in [3.8, 4) is 0 Å². The van der Waals surface area contributed by atoms with Gasteiger partial charge in [0, 0.05) is 18.6 Å². The standard InChI is InChI=1S/C15H20N2O2/c18-15(19)14(11-5-2-1-3-6-11)16-12-8-10-17-9-4-7-13(12)17/h1-3,5-6,12-14,16H,4,7-10H2,(H,18,19).